The molecule has 1 aliphatic rings. The van der Waals surface area contributed by atoms with Gasteiger partial charge in [0.1, 0.15) is 0 Å². The van der Waals surface area contributed by atoms with Gasteiger partial charge in [0.05, 0.1) is 0 Å². The van der Waals surface area contributed by atoms with Crippen molar-refractivity contribution in [1.29, 1.82) is 0 Å². The number of hydrogen-bond donors (Lipinski definition) is 3. The van der Waals surface area contributed by atoms with Gasteiger partial charge in [0.25, 0.3) is 10.2 Å². The van der Waals surface area contributed by atoms with Crippen LogP contribution in [0.2, 0.25) is 0 Å². The lowest BCUT2D eigenvalue weighted by Crippen LogP contribution is -2.44. The molecular weight excluding hydrogens is 226 g/mol. The highest BCUT2D eigenvalue weighted by atomic mass is 32.2. The standard InChI is InChI=1S/C10H23N3O2S/c1-2-7-12-16(14,15)13-8-9-5-3-4-6-10(9)11/h9-10,12-13H,2-8,11H2,1H3. The maximum Gasteiger partial charge on any atom is 0.276 e. The van der Waals surface area contributed by atoms with E-state index in [1.165, 1.54) is 6.42 Å². The summed E-state index contributed by atoms with van der Waals surface area (Å²) in [6, 6.07) is 0.141. The fourth-order valence-electron chi connectivity index (χ4n) is 1.99. The van der Waals surface area contributed by atoms with Gasteiger partial charge in [-0.2, -0.15) is 8.42 Å². The third-order valence-electron chi connectivity index (χ3n) is 3.05. The van der Waals surface area contributed by atoms with Crippen LogP contribution in [-0.2, 0) is 10.2 Å². The number of nitrogens with two attached hydrogens (primary N) is 1. The van der Waals surface area contributed by atoms with Gasteiger partial charge in [-0.3, -0.25) is 0 Å². The van der Waals surface area contributed by atoms with E-state index in [-0.39, 0.29) is 12.0 Å². The minimum atomic E-state index is -3.32. The molecule has 96 valence electrons. The molecule has 2 atom stereocenters. The molecule has 0 heterocycles. The van der Waals surface area contributed by atoms with Crippen LogP contribution in [0.5, 0.6) is 0 Å². The van der Waals surface area contributed by atoms with E-state index in [1.807, 2.05) is 6.92 Å². The molecule has 0 spiro atoms. The van der Waals surface area contributed by atoms with Gasteiger partial charge in [0.15, 0.2) is 0 Å². The molecule has 0 aromatic heterocycles. The highest BCUT2D eigenvalue weighted by Gasteiger charge is 2.23. The van der Waals surface area contributed by atoms with E-state index >= 15 is 0 Å². The molecule has 0 aliphatic heterocycles. The summed E-state index contributed by atoms with van der Waals surface area (Å²) in [5.41, 5.74) is 5.95. The van der Waals surface area contributed by atoms with Crippen LogP contribution in [0, 0.1) is 5.92 Å². The SMILES string of the molecule is CCCNS(=O)(=O)NCC1CCCCC1N. The number of nitrogens with one attached hydrogen (secondary N) is 2. The third-order valence-corrected chi connectivity index (χ3v) is 4.18. The van der Waals surface area contributed by atoms with Crippen molar-refractivity contribution in [2.75, 3.05) is 13.1 Å². The highest BCUT2D eigenvalue weighted by Crippen LogP contribution is 2.22. The van der Waals surface area contributed by atoms with Gasteiger partial charge in [-0.1, -0.05) is 19.8 Å². The van der Waals surface area contributed by atoms with Crippen LogP contribution in [0.1, 0.15) is 39.0 Å². The first kappa shape index (κ1) is 13.9. The van der Waals surface area contributed by atoms with Gasteiger partial charge in [0.2, 0.25) is 0 Å². The van der Waals surface area contributed by atoms with Crippen LogP contribution in [0.3, 0.4) is 0 Å². The Labute approximate surface area is 98.4 Å². The van der Waals surface area contributed by atoms with Crippen molar-refractivity contribution in [3.63, 3.8) is 0 Å². The Kier molecular flexibility index (Phi) is 5.68. The minimum absolute atomic E-state index is 0.141. The largest absolute Gasteiger partial charge is 0.327 e. The van der Waals surface area contributed by atoms with Crippen LogP contribution in [0.15, 0.2) is 0 Å². The Bertz CT molecular complexity index is 292. The average Bonchev–Trinajstić information content (AvgIpc) is 2.26. The van der Waals surface area contributed by atoms with Crippen LogP contribution in [0.4, 0.5) is 0 Å². The number of rotatable bonds is 6. The van der Waals surface area contributed by atoms with Crippen LogP contribution in [-0.4, -0.2) is 27.5 Å². The van der Waals surface area contributed by atoms with Gasteiger partial charge in [-0.25, -0.2) is 9.44 Å². The zero-order valence-corrected chi connectivity index (χ0v) is 10.7. The summed E-state index contributed by atoms with van der Waals surface area (Å²) in [5.74, 6) is 0.284. The molecule has 6 heteroatoms. The van der Waals surface area contributed by atoms with Crippen LogP contribution < -0.4 is 15.2 Å². The minimum Gasteiger partial charge on any atom is -0.327 e. The molecule has 0 aromatic carbocycles. The first-order chi connectivity index (χ1) is 7.55. The maximum absolute atomic E-state index is 11.5. The van der Waals surface area contributed by atoms with Crippen molar-refractivity contribution in [1.82, 2.24) is 9.44 Å². The summed E-state index contributed by atoms with van der Waals surface area (Å²) >= 11 is 0. The summed E-state index contributed by atoms with van der Waals surface area (Å²) in [4.78, 5) is 0. The Morgan fingerprint density at radius 1 is 1.25 bits per heavy atom. The predicted octanol–water partition coefficient (Wildman–Crippen LogP) is 0.338. The molecule has 0 amide bonds. The van der Waals surface area contributed by atoms with E-state index in [1.54, 1.807) is 0 Å². The summed E-state index contributed by atoms with van der Waals surface area (Å²) in [7, 11) is -3.32. The molecule has 1 saturated carbocycles. The van der Waals surface area contributed by atoms with Gasteiger partial charge in [-0.15, -0.1) is 0 Å². The quantitative estimate of drug-likeness (QED) is 0.634. The molecule has 1 rings (SSSR count). The fourth-order valence-corrected chi connectivity index (χ4v) is 3.00. The molecule has 1 fully saturated rings. The Balaban J connectivity index is 2.32. The molecule has 0 aromatic rings. The van der Waals surface area contributed by atoms with E-state index in [2.05, 4.69) is 9.44 Å². The molecule has 5 nitrogen and oxygen atoms in total. The maximum atomic E-state index is 11.5. The molecule has 1 aliphatic carbocycles. The van der Waals surface area contributed by atoms with Gasteiger partial charge in [-0.05, 0) is 25.2 Å². The zero-order valence-electron chi connectivity index (χ0n) is 9.91. The average molecular weight is 249 g/mol. The van der Waals surface area contributed by atoms with Gasteiger partial charge < -0.3 is 5.73 Å². The first-order valence-electron chi connectivity index (χ1n) is 6.05. The lowest BCUT2D eigenvalue weighted by atomic mass is 9.85. The summed E-state index contributed by atoms with van der Waals surface area (Å²) in [6.45, 7) is 2.87. The van der Waals surface area contributed by atoms with E-state index in [4.69, 9.17) is 5.73 Å². The molecule has 16 heavy (non-hydrogen) atoms. The molecule has 0 saturated heterocycles. The first-order valence-corrected chi connectivity index (χ1v) is 7.53. The van der Waals surface area contributed by atoms with Gasteiger partial charge in [0, 0.05) is 19.1 Å². The predicted molar refractivity (Wildman–Crippen MR) is 65.1 cm³/mol. The Hall–Kier alpha value is -0.170. The van der Waals surface area contributed by atoms with Crippen molar-refractivity contribution in [3.05, 3.63) is 0 Å². The summed E-state index contributed by atoms with van der Waals surface area (Å²) < 4.78 is 28.0. The van der Waals surface area contributed by atoms with Crippen molar-refractivity contribution in [3.8, 4) is 0 Å². The smallest absolute Gasteiger partial charge is 0.276 e. The second-order valence-electron chi connectivity index (χ2n) is 4.45. The van der Waals surface area contributed by atoms with E-state index in [0.717, 1.165) is 25.7 Å². The third kappa shape index (κ3) is 4.78. The Morgan fingerprint density at radius 3 is 2.56 bits per heavy atom. The van der Waals surface area contributed by atoms with E-state index in [0.29, 0.717) is 13.1 Å². The van der Waals surface area contributed by atoms with Gasteiger partial charge >= 0.3 is 0 Å². The van der Waals surface area contributed by atoms with E-state index < -0.39 is 10.2 Å². The lowest BCUT2D eigenvalue weighted by Gasteiger charge is -2.28. The molecule has 0 radical (unpaired) electrons. The molecular formula is C10H23N3O2S. The van der Waals surface area contributed by atoms with Crippen molar-refractivity contribution in [2.45, 2.75) is 45.1 Å². The monoisotopic (exact) mass is 249 g/mol. The summed E-state index contributed by atoms with van der Waals surface area (Å²) in [6.07, 6.45) is 5.15. The normalized spacial score (nSPS) is 26.9. The van der Waals surface area contributed by atoms with Crippen molar-refractivity contribution < 1.29 is 8.42 Å². The Morgan fingerprint density at radius 2 is 1.94 bits per heavy atom. The summed E-state index contributed by atoms with van der Waals surface area (Å²) in [5, 5.41) is 0. The molecule has 0 bridgehead atoms. The fraction of sp³-hybridized carbons (Fsp3) is 1.00. The second kappa shape index (κ2) is 6.54. The number of hydrogen-bond acceptors (Lipinski definition) is 3. The van der Waals surface area contributed by atoms with Crippen molar-refractivity contribution >= 4 is 10.2 Å². The topological polar surface area (TPSA) is 84.2 Å². The van der Waals surface area contributed by atoms with Crippen LogP contribution >= 0.6 is 0 Å². The molecule has 2 unspecified atom stereocenters. The van der Waals surface area contributed by atoms with Crippen molar-refractivity contribution in [2.24, 2.45) is 11.7 Å². The second-order valence-corrected chi connectivity index (χ2v) is 6.04. The van der Waals surface area contributed by atoms with E-state index in [9.17, 15) is 8.42 Å². The van der Waals surface area contributed by atoms with Crippen LogP contribution in [0.25, 0.3) is 0 Å². The highest BCUT2D eigenvalue weighted by molar-refractivity contribution is 7.87. The molecule has 4 N–H and O–H groups in total. The lowest BCUT2D eigenvalue weighted by molar-refractivity contribution is 0.308. The zero-order chi connectivity index (χ0) is 12.0.